The van der Waals surface area contributed by atoms with Gasteiger partial charge in [0.15, 0.2) is 0 Å². The van der Waals surface area contributed by atoms with Crippen molar-refractivity contribution >= 4 is 17.3 Å². The van der Waals surface area contributed by atoms with Gasteiger partial charge < -0.3 is 10.6 Å². The molecule has 2 N–H and O–H groups in total. The summed E-state index contributed by atoms with van der Waals surface area (Å²) in [6, 6.07) is 14.0. The first-order valence-electron chi connectivity index (χ1n) is 5.99. The Morgan fingerprint density at radius 2 is 1.94 bits per heavy atom. The van der Waals surface area contributed by atoms with Crippen molar-refractivity contribution in [3.05, 3.63) is 54.2 Å². The topological polar surface area (TPSA) is 49.3 Å². The lowest BCUT2D eigenvalue weighted by Crippen LogP contribution is -2.20. The summed E-state index contributed by atoms with van der Waals surface area (Å²) in [6.45, 7) is 1.73. The molecule has 18 heavy (non-hydrogen) atoms. The van der Waals surface area contributed by atoms with Crippen LogP contribution in [0.25, 0.3) is 0 Å². The maximum absolute atomic E-state index is 4.43. The molecule has 0 fully saturated rings. The molecule has 2 heterocycles. The molecular weight excluding hydrogens is 224 g/mol. The molecule has 2 aromatic rings. The van der Waals surface area contributed by atoms with Crippen LogP contribution in [0.1, 0.15) is 5.56 Å². The molecule has 3 rings (SSSR count). The molecule has 0 unspecified atom stereocenters. The first kappa shape index (κ1) is 10.8. The van der Waals surface area contributed by atoms with Gasteiger partial charge in [-0.1, -0.05) is 18.2 Å². The van der Waals surface area contributed by atoms with Crippen molar-refractivity contribution in [2.75, 3.05) is 18.4 Å². The van der Waals surface area contributed by atoms with Crippen LogP contribution < -0.4 is 10.6 Å². The zero-order valence-electron chi connectivity index (χ0n) is 9.93. The van der Waals surface area contributed by atoms with Gasteiger partial charge in [0.2, 0.25) is 0 Å². The Hall–Kier alpha value is -2.36. The van der Waals surface area contributed by atoms with E-state index in [0.29, 0.717) is 0 Å². The number of para-hydroxylation sites is 1. The normalized spacial score (nSPS) is 13.9. The summed E-state index contributed by atoms with van der Waals surface area (Å²) < 4.78 is 0. The lowest BCUT2D eigenvalue weighted by molar-refractivity contribution is 0.960. The highest BCUT2D eigenvalue weighted by atomic mass is 15.1. The third-order valence-electron chi connectivity index (χ3n) is 2.77. The zero-order valence-corrected chi connectivity index (χ0v) is 9.93. The van der Waals surface area contributed by atoms with Crippen LogP contribution in [-0.2, 0) is 0 Å². The Labute approximate surface area is 106 Å². The van der Waals surface area contributed by atoms with Crippen LogP contribution in [0.5, 0.6) is 0 Å². The molecule has 4 heteroatoms. The Kier molecular flexibility index (Phi) is 2.92. The maximum atomic E-state index is 4.43. The van der Waals surface area contributed by atoms with Crippen molar-refractivity contribution in [1.82, 2.24) is 10.3 Å². The van der Waals surface area contributed by atoms with E-state index in [1.54, 1.807) is 6.20 Å². The Morgan fingerprint density at radius 1 is 1.06 bits per heavy atom. The number of amidine groups is 1. The Balaban J connectivity index is 1.92. The van der Waals surface area contributed by atoms with Crippen LogP contribution in [0.4, 0.5) is 11.5 Å². The van der Waals surface area contributed by atoms with Gasteiger partial charge in [-0.3, -0.25) is 4.99 Å². The Morgan fingerprint density at radius 3 is 2.72 bits per heavy atom. The zero-order chi connectivity index (χ0) is 12.2. The summed E-state index contributed by atoms with van der Waals surface area (Å²) in [6.07, 6.45) is 1.78. The minimum absolute atomic E-state index is 0.828. The summed E-state index contributed by atoms with van der Waals surface area (Å²) in [5.74, 6) is 1.75. The highest BCUT2D eigenvalue weighted by Crippen LogP contribution is 2.18. The number of aromatic nitrogens is 1. The van der Waals surface area contributed by atoms with Crippen molar-refractivity contribution in [3.8, 4) is 0 Å². The molecule has 0 amide bonds. The second-order valence-electron chi connectivity index (χ2n) is 4.05. The van der Waals surface area contributed by atoms with Gasteiger partial charge in [0, 0.05) is 18.4 Å². The van der Waals surface area contributed by atoms with E-state index in [2.05, 4.69) is 20.6 Å². The molecule has 0 radical (unpaired) electrons. The molecule has 0 bridgehead atoms. The predicted octanol–water partition coefficient (Wildman–Crippen LogP) is 2.17. The smallest absolute Gasteiger partial charge is 0.141 e. The summed E-state index contributed by atoms with van der Waals surface area (Å²) in [7, 11) is 0. The molecule has 0 saturated carbocycles. The second-order valence-corrected chi connectivity index (χ2v) is 4.05. The van der Waals surface area contributed by atoms with Crippen LogP contribution in [0.3, 0.4) is 0 Å². The van der Waals surface area contributed by atoms with Gasteiger partial charge in [-0.05, 0) is 24.3 Å². The minimum Gasteiger partial charge on any atom is -0.368 e. The number of nitrogens with zero attached hydrogens (tertiary/aromatic N) is 2. The van der Waals surface area contributed by atoms with Crippen molar-refractivity contribution in [3.63, 3.8) is 0 Å². The summed E-state index contributed by atoms with van der Waals surface area (Å²) >= 11 is 0. The monoisotopic (exact) mass is 238 g/mol. The Bertz CT molecular complexity index is 563. The van der Waals surface area contributed by atoms with Crippen molar-refractivity contribution in [1.29, 1.82) is 0 Å². The molecule has 90 valence electrons. The second kappa shape index (κ2) is 4.87. The molecule has 4 nitrogen and oxygen atoms in total. The maximum Gasteiger partial charge on any atom is 0.141 e. The van der Waals surface area contributed by atoms with E-state index in [1.165, 1.54) is 0 Å². The number of aliphatic imine (C=N–C) groups is 1. The molecule has 1 aliphatic heterocycles. The number of hydrogen-bond acceptors (Lipinski definition) is 4. The number of rotatable bonds is 3. The van der Waals surface area contributed by atoms with Gasteiger partial charge in [0.05, 0.1) is 12.1 Å². The first-order valence-corrected chi connectivity index (χ1v) is 5.99. The summed E-state index contributed by atoms with van der Waals surface area (Å²) in [4.78, 5) is 8.82. The van der Waals surface area contributed by atoms with Gasteiger partial charge >= 0.3 is 0 Å². The molecule has 1 aromatic heterocycles. The van der Waals surface area contributed by atoms with E-state index >= 15 is 0 Å². The van der Waals surface area contributed by atoms with E-state index in [-0.39, 0.29) is 0 Å². The quantitative estimate of drug-likeness (QED) is 0.861. The highest BCUT2D eigenvalue weighted by Gasteiger charge is 2.13. The summed E-state index contributed by atoms with van der Waals surface area (Å²) in [5.41, 5.74) is 2.04. The van der Waals surface area contributed by atoms with Gasteiger partial charge in [-0.15, -0.1) is 0 Å². The van der Waals surface area contributed by atoms with Crippen molar-refractivity contribution in [2.24, 2.45) is 4.99 Å². The molecular formula is C14H14N4. The average molecular weight is 238 g/mol. The SMILES string of the molecule is c1ccc(Nc2ncccc2C2=NCCN2)cc1. The molecule has 0 atom stereocenters. The fourth-order valence-electron chi connectivity index (χ4n) is 1.93. The number of benzene rings is 1. The van der Waals surface area contributed by atoms with Crippen LogP contribution in [-0.4, -0.2) is 23.9 Å². The van der Waals surface area contributed by atoms with Crippen LogP contribution in [0.15, 0.2) is 53.7 Å². The number of nitrogens with one attached hydrogen (secondary N) is 2. The first-order chi connectivity index (χ1) is 8.93. The fraction of sp³-hybridized carbons (Fsp3) is 0.143. The van der Waals surface area contributed by atoms with E-state index < -0.39 is 0 Å². The minimum atomic E-state index is 0.828. The molecule has 0 spiro atoms. The largest absolute Gasteiger partial charge is 0.368 e. The number of hydrogen-bond donors (Lipinski definition) is 2. The van der Waals surface area contributed by atoms with Gasteiger partial charge in [0.1, 0.15) is 11.7 Å². The lowest BCUT2D eigenvalue weighted by atomic mass is 10.2. The summed E-state index contributed by atoms with van der Waals surface area (Å²) in [5, 5.41) is 6.59. The van der Waals surface area contributed by atoms with Crippen LogP contribution in [0.2, 0.25) is 0 Å². The highest BCUT2D eigenvalue weighted by molar-refractivity contribution is 6.04. The number of pyridine rings is 1. The molecule has 1 aliphatic rings. The van der Waals surface area contributed by atoms with E-state index in [0.717, 1.165) is 36.0 Å². The van der Waals surface area contributed by atoms with Gasteiger partial charge in [-0.25, -0.2) is 4.98 Å². The van der Waals surface area contributed by atoms with Crippen molar-refractivity contribution < 1.29 is 0 Å². The van der Waals surface area contributed by atoms with E-state index in [4.69, 9.17) is 0 Å². The molecule has 0 aliphatic carbocycles. The molecule has 0 saturated heterocycles. The van der Waals surface area contributed by atoms with Crippen LogP contribution in [0, 0.1) is 0 Å². The van der Waals surface area contributed by atoms with Gasteiger partial charge in [-0.2, -0.15) is 0 Å². The predicted molar refractivity (Wildman–Crippen MR) is 73.4 cm³/mol. The van der Waals surface area contributed by atoms with Gasteiger partial charge in [0.25, 0.3) is 0 Å². The van der Waals surface area contributed by atoms with E-state index in [9.17, 15) is 0 Å². The third-order valence-corrected chi connectivity index (χ3v) is 2.77. The lowest BCUT2D eigenvalue weighted by Gasteiger charge is -2.10. The third kappa shape index (κ3) is 2.18. The standard InChI is InChI=1S/C14H14N4/c1-2-5-11(6-3-1)18-14-12(7-4-8-15-14)13-16-9-10-17-13/h1-8H,9-10H2,(H,15,18)(H,16,17). The van der Waals surface area contributed by atoms with Crippen LogP contribution >= 0.6 is 0 Å². The van der Waals surface area contributed by atoms with E-state index in [1.807, 2.05) is 42.5 Å². The average Bonchev–Trinajstić information content (AvgIpc) is 2.94. The van der Waals surface area contributed by atoms with Crippen molar-refractivity contribution in [2.45, 2.75) is 0 Å². The fourth-order valence-corrected chi connectivity index (χ4v) is 1.93. The number of anilines is 2. The molecule has 1 aromatic carbocycles.